The highest BCUT2D eigenvalue weighted by molar-refractivity contribution is 8.00. The topological polar surface area (TPSA) is 115 Å². The first-order chi connectivity index (χ1) is 17.4. The van der Waals surface area contributed by atoms with Crippen molar-refractivity contribution in [2.24, 2.45) is 5.92 Å². The van der Waals surface area contributed by atoms with Crippen LogP contribution in [0.15, 0.2) is 58.4 Å². The number of hydrogen-bond acceptors (Lipinski definition) is 9. The van der Waals surface area contributed by atoms with E-state index in [0.717, 1.165) is 11.3 Å². The van der Waals surface area contributed by atoms with Crippen LogP contribution in [0.3, 0.4) is 0 Å². The van der Waals surface area contributed by atoms with E-state index in [2.05, 4.69) is 4.98 Å². The van der Waals surface area contributed by atoms with Crippen molar-refractivity contribution in [3.05, 3.63) is 68.6 Å². The highest BCUT2D eigenvalue weighted by Crippen LogP contribution is 2.53. The molecule has 186 valence electrons. The first-order valence-corrected chi connectivity index (χ1v) is 12.9. The number of thiazole rings is 1. The van der Waals surface area contributed by atoms with Gasteiger partial charge in [0.2, 0.25) is 11.8 Å². The van der Waals surface area contributed by atoms with Crippen molar-refractivity contribution in [3.63, 3.8) is 0 Å². The molecule has 3 heterocycles. The lowest BCUT2D eigenvalue weighted by Crippen LogP contribution is -2.32. The van der Waals surface area contributed by atoms with Crippen molar-refractivity contribution in [1.29, 1.82) is 0 Å². The molecule has 9 nitrogen and oxygen atoms in total. The third kappa shape index (κ3) is 4.18. The van der Waals surface area contributed by atoms with Crippen LogP contribution in [0.1, 0.15) is 23.3 Å². The number of ether oxygens (including phenoxy) is 3. The number of aromatic nitrogens is 1. The van der Waals surface area contributed by atoms with Gasteiger partial charge in [0.05, 0.1) is 30.3 Å². The van der Waals surface area contributed by atoms with E-state index in [1.54, 1.807) is 49.4 Å². The number of carbonyl (C=O) groups is 3. The molecule has 0 bridgehead atoms. The molecule has 5 rings (SSSR count). The van der Waals surface area contributed by atoms with E-state index in [0.29, 0.717) is 32.7 Å². The molecule has 2 amide bonds. The zero-order valence-corrected chi connectivity index (χ0v) is 21.0. The average Bonchev–Trinajstić information content (AvgIpc) is 3.37. The van der Waals surface area contributed by atoms with Crippen molar-refractivity contribution in [2.45, 2.75) is 23.1 Å². The molecular weight excluding hydrogens is 504 g/mol. The van der Waals surface area contributed by atoms with E-state index in [1.165, 1.54) is 23.8 Å². The Balaban J connectivity index is 1.54. The van der Waals surface area contributed by atoms with Gasteiger partial charge >= 0.3 is 10.8 Å². The number of nitrogens with zero attached hydrogens (tertiary/aromatic N) is 1. The Hall–Kier alpha value is -3.57. The number of esters is 1. The number of nitrogens with one attached hydrogen (secondary N) is 1. The van der Waals surface area contributed by atoms with Gasteiger partial charge in [0.25, 0.3) is 0 Å². The lowest BCUT2D eigenvalue weighted by Gasteiger charge is -2.30. The first-order valence-electron chi connectivity index (χ1n) is 11.2. The van der Waals surface area contributed by atoms with Gasteiger partial charge in [-0.25, -0.2) is 9.69 Å². The maximum Gasteiger partial charge on any atom is 0.344 e. The van der Waals surface area contributed by atoms with Gasteiger partial charge < -0.3 is 19.2 Å². The minimum atomic E-state index is -0.710. The number of aromatic amines is 1. The summed E-state index contributed by atoms with van der Waals surface area (Å²) in [7, 11) is 1.47. The zero-order chi connectivity index (χ0) is 25.4. The number of imide groups is 1. The first kappa shape index (κ1) is 24.1. The number of thioether (sulfide) groups is 1. The number of anilines is 1. The summed E-state index contributed by atoms with van der Waals surface area (Å²) in [5.41, 5.74) is 1.21. The van der Waals surface area contributed by atoms with Crippen molar-refractivity contribution in [1.82, 2.24) is 4.98 Å². The molecule has 2 unspecified atom stereocenters. The summed E-state index contributed by atoms with van der Waals surface area (Å²) in [6.07, 6.45) is 0. The van der Waals surface area contributed by atoms with Crippen molar-refractivity contribution in [2.75, 3.05) is 25.2 Å². The summed E-state index contributed by atoms with van der Waals surface area (Å²) in [6, 6.07) is 13.9. The Kier molecular flexibility index (Phi) is 6.59. The van der Waals surface area contributed by atoms with Crippen LogP contribution in [0.4, 0.5) is 5.69 Å². The van der Waals surface area contributed by atoms with Gasteiger partial charge in [0.15, 0.2) is 18.1 Å². The predicted molar refractivity (Wildman–Crippen MR) is 134 cm³/mol. The number of H-pyrrole nitrogens is 1. The van der Waals surface area contributed by atoms with Crippen LogP contribution in [0.25, 0.3) is 0 Å². The van der Waals surface area contributed by atoms with Gasteiger partial charge in [-0.3, -0.25) is 14.4 Å². The molecule has 11 heteroatoms. The molecule has 2 aromatic carbocycles. The summed E-state index contributed by atoms with van der Waals surface area (Å²) >= 11 is 2.25. The standard InChI is InChI=1S/C25H22N2O7S2/c1-3-33-17(28)12-34-15-10-9-13(11-16(15)32-2)18-19-21(35-22-20(18)36-25(31)26-22)24(30)27(23(19)29)14-7-5-4-6-8-14/h4-11,18-19,21H,3,12H2,1-2H3,(H,26,31)/t18-,19?,21?/m1/s1. The number of carbonyl (C=O) groups excluding carboxylic acids is 3. The molecule has 0 aliphatic carbocycles. The number of fused-ring (bicyclic) bond motifs is 2. The SMILES string of the molecule is CCOC(=O)COc1ccc([C@H]2c3sc(=O)[nH]c3SC3C(=O)N(c4ccccc4)C(=O)C32)cc1OC. The Labute approximate surface area is 214 Å². The molecule has 1 N–H and O–H groups in total. The lowest BCUT2D eigenvalue weighted by molar-refractivity contribution is -0.145. The van der Waals surface area contributed by atoms with Crippen molar-refractivity contribution in [3.8, 4) is 11.5 Å². The maximum atomic E-state index is 13.7. The molecular formula is C25H22N2O7S2. The smallest absolute Gasteiger partial charge is 0.344 e. The number of rotatable bonds is 7. The fraction of sp³-hybridized carbons (Fsp3) is 0.280. The normalized spacial score (nSPS) is 20.6. The minimum absolute atomic E-state index is 0.245. The third-order valence-corrected chi connectivity index (χ3v) is 8.44. The van der Waals surface area contributed by atoms with Crippen LogP contribution in [0.2, 0.25) is 0 Å². The van der Waals surface area contributed by atoms with Crippen LogP contribution < -0.4 is 19.2 Å². The molecule has 3 atom stereocenters. The number of para-hydroxylation sites is 1. The summed E-state index contributed by atoms with van der Waals surface area (Å²) in [4.78, 5) is 55.6. The fourth-order valence-corrected chi connectivity index (χ4v) is 7.06. The Morgan fingerprint density at radius 3 is 2.56 bits per heavy atom. The average molecular weight is 527 g/mol. The number of methoxy groups -OCH3 is 1. The zero-order valence-electron chi connectivity index (χ0n) is 19.4. The van der Waals surface area contributed by atoms with E-state index in [1.807, 2.05) is 6.07 Å². The fourth-order valence-electron chi connectivity index (χ4n) is 4.54. The minimum Gasteiger partial charge on any atom is -0.493 e. The molecule has 2 aliphatic heterocycles. The predicted octanol–water partition coefficient (Wildman–Crippen LogP) is 3.18. The summed E-state index contributed by atoms with van der Waals surface area (Å²) in [5.74, 6) is -1.71. The second-order valence-corrected chi connectivity index (χ2v) is 10.3. The second kappa shape index (κ2) is 9.82. The Morgan fingerprint density at radius 1 is 1.06 bits per heavy atom. The monoisotopic (exact) mass is 526 g/mol. The molecule has 0 radical (unpaired) electrons. The second-order valence-electron chi connectivity index (χ2n) is 8.10. The van der Waals surface area contributed by atoms with E-state index in [9.17, 15) is 19.2 Å². The molecule has 1 saturated heterocycles. The van der Waals surface area contributed by atoms with E-state index < -0.39 is 23.1 Å². The van der Waals surface area contributed by atoms with Crippen LogP contribution in [-0.4, -0.2) is 48.3 Å². The number of hydrogen-bond donors (Lipinski definition) is 1. The molecule has 1 fully saturated rings. The summed E-state index contributed by atoms with van der Waals surface area (Å²) < 4.78 is 16.0. The van der Waals surface area contributed by atoms with E-state index in [4.69, 9.17) is 14.2 Å². The molecule has 36 heavy (non-hydrogen) atoms. The van der Waals surface area contributed by atoms with Crippen molar-refractivity contribution >= 4 is 46.6 Å². The van der Waals surface area contributed by atoms with Gasteiger partial charge in [-0.2, -0.15) is 0 Å². The lowest BCUT2D eigenvalue weighted by atomic mass is 9.83. The summed E-state index contributed by atoms with van der Waals surface area (Å²) in [6.45, 7) is 1.67. The maximum absolute atomic E-state index is 13.7. The molecule has 0 spiro atoms. The molecule has 2 aliphatic rings. The number of benzene rings is 2. The highest BCUT2D eigenvalue weighted by Gasteiger charge is 2.56. The van der Waals surface area contributed by atoms with Gasteiger partial charge in [-0.05, 0) is 36.8 Å². The molecule has 0 saturated carbocycles. The quantitative estimate of drug-likeness (QED) is 0.369. The third-order valence-electron chi connectivity index (χ3n) is 6.04. The van der Waals surface area contributed by atoms with Crippen LogP contribution >= 0.6 is 23.1 Å². The van der Waals surface area contributed by atoms with Gasteiger partial charge in [-0.15, -0.1) is 0 Å². The van der Waals surface area contributed by atoms with E-state index in [-0.39, 0.29) is 29.9 Å². The summed E-state index contributed by atoms with van der Waals surface area (Å²) in [5, 5.41) is -0.0971. The van der Waals surface area contributed by atoms with Crippen LogP contribution in [-0.2, 0) is 19.1 Å². The largest absolute Gasteiger partial charge is 0.493 e. The van der Waals surface area contributed by atoms with Gasteiger partial charge in [0, 0.05) is 10.8 Å². The van der Waals surface area contributed by atoms with Gasteiger partial charge in [0.1, 0.15) is 5.25 Å². The van der Waals surface area contributed by atoms with Crippen LogP contribution in [0, 0.1) is 5.92 Å². The van der Waals surface area contributed by atoms with E-state index >= 15 is 0 Å². The number of amides is 2. The molecule has 1 aromatic heterocycles. The Morgan fingerprint density at radius 2 is 1.83 bits per heavy atom. The van der Waals surface area contributed by atoms with Crippen LogP contribution in [0.5, 0.6) is 11.5 Å². The van der Waals surface area contributed by atoms with Crippen molar-refractivity contribution < 1.29 is 28.6 Å². The molecule has 3 aromatic rings. The Bertz CT molecular complexity index is 1380. The highest BCUT2D eigenvalue weighted by atomic mass is 32.2. The van der Waals surface area contributed by atoms with Gasteiger partial charge in [-0.1, -0.05) is 47.4 Å².